The molecule has 0 saturated carbocycles. The molecule has 2 aromatic carbocycles. The van der Waals surface area contributed by atoms with Gasteiger partial charge in [0.05, 0.1) is 11.0 Å². The number of benzene rings is 2. The molecule has 0 fully saturated rings. The van der Waals surface area contributed by atoms with Gasteiger partial charge in [-0.15, -0.1) is 0 Å². The smallest absolute Gasteiger partial charge is 0.231 e. The lowest BCUT2D eigenvalue weighted by atomic mass is 10.2. The van der Waals surface area contributed by atoms with Crippen LogP contribution in [0.5, 0.6) is 11.5 Å². The third-order valence-corrected chi connectivity index (χ3v) is 3.44. The van der Waals surface area contributed by atoms with Gasteiger partial charge in [-0.2, -0.15) is 0 Å². The number of halogens is 2. The molecule has 0 atom stereocenters. The summed E-state index contributed by atoms with van der Waals surface area (Å²) in [6.45, 7) is 0.398. The average Bonchev–Trinajstić information content (AvgIpc) is 3.08. The molecule has 5 nitrogen and oxygen atoms in total. The van der Waals surface area contributed by atoms with Gasteiger partial charge in [0, 0.05) is 30.3 Å². The first-order valence-corrected chi connectivity index (χ1v) is 6.66. The Bertz CT molecular complexity index is 822. The number of ether oxygens (including phenoxy) is 2. The van der Waals surface area contributed by atoms with Gasteiger partial charge >= 0.3 is 0 Å². The lowest BCUT2D eigenvalue weighted by Crippen LogP contribution is -2.03. The van der Waals surface area contributed by atoms with Crippen molar-refractivity contribution in [2.75, 3.05) is 12.1 Å². The fraction of sp³-hybridized carbons (Fsp3) is 0.133. The van der Waals surface area contributed by atoms with Crippen LogP contribution in [0, 0.1) is 11.6 Å². The number of nitrogens with one attached hydrogen (secondary N) is 2. The highest BCUT2D eigenvalue weighted by Gasteiger charge is 2.16. The first-order chi connectivity index (χ1) is 10.7. The van der Waals surface area contributed by atoms with Crippen molar-refractivity contribution in [1.29, 1.82) is 0 Å². The zero-order chi connectivity index (χ0) is 15.1. The van der Waals surface area contributed by atoms with Gasteiger partial charge in [-0.05, 0) is 6.07 Å². The van der Waals surface area contributed by atoms with E-state index in [0.717, 1.165) is 11.6 Å². The number of hydrogen-bond acceptors (Lipinski definition) is 4. The Morgan fingerprint density at radius 2 is 1.95 bits per heavy atom. The van der Waals surface area contributed by atoms with E-state index >= 15 is 0 Å². The molecule has 1 aliphatic heterocycles. The summed E-state index contributed by atoms with van der Waals surface area (Å²) in [7, 11) is 0. The van der Waals surface area contributed by atoms with Crippen LogP contribution in [0.15, 0.2) is 30.3 Å². The quantitative estimate of drug-likeness (QED) is 0.780. The number of nitrogens with zero attached hydrogens (tertiary/aromatic N) is 1. The van der Waals surface area contributed by atoms with Crippen molar-refractivity contribution in [3.05, 3.63) is 47.5 Å². The molecule has 1 aliphatic rings. The minimum Gasteiger partial charge on any atom is -0.454 e. The topological polar surface area (TPSA) is 59.2 Å². The standard InChI is InChI=1S/C15H11F2N3O2/c16-9-2-1-8(10(17)3-9)6-18-15-19-11-4-13-14(22-7-21-13)5-12(11)20-15/h1-5H,6-7H2,(H2,18,19,20). The second-order valence-corrected chi connectivity index (χ2v) is 4.90. The second-order valence-electron chi connectivity index (χ2n) is 4.90. The van der Waals surface area contributed by atoms with Crippen molar-refractivity contribution in [2.24, 2.45) is 0 Å². The van der Waals surface area contributed by atoms with Gasteiger partial charge < -0.3 is 19.8 Å². The minimum absolute atomic E-state index is 0.193. The number of H-pyrrole nitrogens is 1. The molecule has 4 rings (SSSR count). The SMILES string of the molecule is Fc1ccc(CNc2nc3cc4c(cc3[nH]2)OCO4)c(F)c1. The molecule has 0 aliphatic carbocycles. The van der Waals surface area contributed by atoms with E-state index in [1.165, 1.54) is 12.1 Å². The van der Waals surface area contributed by atoms with Gasteiger partial charge in [-0.25, -0.2) is 13.8 Å². The van der Waals surface area contributed by atoms with Crippen molar-refractivity contribution in [3.8, 4) is 11.5 Å². The van der Waals surface area contributed by atoms with Crippen LogP contribution in [0.1, 0.15) is 5.56 Å². The van der Waals surface area contributed by atoms with E-state index < -0.39 is 11.6 Å². The van der Waals surface area contributed by atoms with Crippen LogP contribution in [-0.2, 0) is 6.54 Å². The summed E-state index contributed by atoms with van der Waals surface area (Å²) in [5.41, 5.74) is 1.86. The lowest BCUT2D eigenvalue weighted by Gasteiger charge is -2.04. The van der Waals surface area contributed by atoms with Crippen molar-refractivity contribution in [2.45, 2.75) is 6.54 Å². The molecule has 7 heteroatoms. The van der Waals surface area contributed by atoms with Crippen LogP contribution in [0.2, 0.25) is 0 Å². The molecule has 2 heterocycles. The van der Waals surface area contributed by atoms with Crippen LogP contribution in [0.25, 0.3) is 11.0 Å². The van der Waals surface area contributed by atoms with Gasteiger partial charge in [0.15, 0.2) is 11.5 Å². The number of aromatic nitrogens is 2. The van der Waals surface area contributed by atoms with Crippen LogP contribution in [-0.4, -0.2) is 16.8 Å². The molecule has 1 aromatic heterocycles. The Hall–Kier alpha value is -2.83. The fourth-order valence-corrected chi connectivity index (χ4v) is 2.33. The highest BCUT2D eigenvalue weighted by Crippen LogP contribution is 2.35. The maximum absolute atomic E-state index is 13.6. The molecule has 0 bridgehead atoms. The molecule has 112 valence electrons. The van der Waals surface area contributed by atoms with Crippen molar-refractivity contribution in [1.82, 2.24) is 9.97 Å². The third kappa shape index (κ3) is 2.20. The monoisotopic (exact) mass is 303 g/mol. The summed E-state index contributed by atoms with van der Waals surface area (Å²) < 4.78 is 37.0. The summed E-state index contributed by atoms with van der Waals surface area (Å²) in [4.78, 5) is 7.43. The Morgan fingerprint density at radius 3 is 2.77 bits per heavy atom. The molecule has 0 saturated heterocycles. The number of rotatable bonds is 3. The van der Waals surface area contributed by atoms with Crippen LogP contribution in [0.3, 0.4) is 0 Å². The molecule has 0 unspecified atom stereocenters. The Labute approximate surface area is 123 Å². The van der Waals surface area contributed by atoms with Gasteiger partial charge in [0.2, 0.25) is 12.7 Å². The summed E-state index contributed by atoms with van der Waals surface area (Å²) in [5.74, 6) is 0.605. The van der Waals surface area contributed by atoms with E-state index in [9.17, 15) is 8.78 Å². The summed E-state index contributed by atoms with van der Waals surface area (Å²) in [5, 5.41) is 2.97. The highest BCUT2D eigenvalue weighted by molar-refractivity contribution is 5.81. The second kappa shape index (κ2) is 4.87. The van der Waals surface area contributed by atoms with E-state index in [0.29, 0.717) is 28.5 Å². The predicted molar refractivity (Wildman–Crippen MR) is 75.9 cm³/mol. The van der Waals surface area contributed by atoms with E-state index in [1.807, 2.05) is 0 Å². The molecule has 0 radical (unpaired) electrons. The number of imidazole rings is 1. The van der Waals surface area contributed by atoms with Crippen LogP contribution >= 0.6 is 0 Å². The Kier molecular flexibility index (Phi) is 2.85. The van der Waals surface area contributed by atoms with Crippen molar-refractivity contribution < 1.29 is 18.3 Å². The molecule has 0 amide bonds. The fourth-order valence-electron chi connectivity index (χ4n) is 2.33. The largest absolute Gasteiger partial charge is 0.454 e. The summed E-state index contributed by atoms with van der Waals surface area (Å²) in [6, 6.07) is 7.05. The van der Waals surface area contributed by atoms with Gasteiger partial charge in [-0.1, -0.05) is 6.07 Å². The molecule has 3 aromatic rings. The maximum Gasteiger partial charge on any atom is 0.231 e. The highest BCUT2D eigenvalue weighted by atomic mass is 19.1. The Morgan fingerprint density at radius 1 is 1.14 bits per heavy atom. The lowest BCUT2D eigenvalue weighted by molar-refractivity contribution is 0.174. The molecule has 2 N–H and O–H groups in total. The predicted octanol–water partition coefficient (Wildman–Crippen LogP) is 3.18. The molecule has 22 heavy (non-hydrogen) atoms. The summed E-state index contributed by atoms with van der Waals surface area (Å²) in [6.07, 6.45) is 0. The average molecular weight is 303 g/mol. The number of aromatic amines is 1. The zero-order valence-corrected chi connectivity index (χ0v) is 11.3. The molecule has 0 spiro atoms. The zero-order valence-electron chi connectivity index (χ0n) is 11.3. The Balaban J connectivity index is 1.57. The normalized spacial score (nSPS) is 12.8. The van der Waals surface area contributed by atoms with Crippen molar-refractivity contribution >= 4 is 17.0 Å². The maximum atomic E-state index is 13.6. The first-order valence-electron chi connectivity index (χ1n) is 6.66. The number of hydrogen-bond donors (Lipinski definition) is 2. The number of anilines is 1. The van der Waals surface area contributed by atoms with Gasteiger partial charge in [-0.3, -0.25) is 0 Å². The van der Waals surface area contributed by atoms with Crippen LogP contribution in [0.4, 0.5) is 14.7 Å². The molecular formula is C15H11F2N3O2. The first kappa shape index (κ1) is 12.9. The van der Waals surface area contributed by atoms with Crippen LogP contribution < -0.4 is 14.8 Å². The van der Waals surface area contributed by atoms with E-state index in [2.05, 4.69) is 15.3 Å². The van der Waals surface area contributed by atoms with Gasteiger partial charge in [0.1, 0.15) is 11.6 Å². The summed E-state index contributed by atoms with van der Waals surface area (Å²) >= 11 is 0. The van der Waals surface area contributed by atoms with Gasteiger partial charge in [0.25, 0.3) is 0 Å². The molecular weight excluding hydrogens is 292 g/mol. The number of fused-ring (bicyclic) bond motifs is 2. The third-order valence-electron chi connectivity index (χ3n) is 3.44. The van der Waals surface area contributed by atoms with E-state index in [1.54, 1.807) is 12.1 Å². The van der Waals surface area contributed by atoms with Crippen molar-refractivity contribution in [3.63, 3.8) is 0 Å². The van der Waals surface area contributed by atoms with E-state index in [4.69, 9.17) is 9.47 Å². The van der Waals surface area contributed by atoms with E-state index in [-0.39, 0.29) is 13.3 Å². The minimum atomic E-state index is -0.598.